The normalized spacial score (nSPS) is 13.5. The third-order valence-corrected chi connectivity index (χ3v) is 5.04. The first kappa shape index (κ1) is 17.7. The van der Waals surface area contributed by atoms with Gasteiger partial charge in [0.2, 0.25) is 5.91 Å². The lowest BCUT2D eigenvalue weighted by Gasteiger charge is -2.22. The Kier molecular flexibility index (Phi) is 6.36. The van der Waals surface area contributed by atoms with Crippen LogP contribution in [0.1, 0.15) is 31.1 Å². The van der Waals surface area contributed by atoms with E-state index in [-0.39, 0.29) is 21.4 Å². The van der Waals surface area contributed by atoms with Gasteiger partial charge >= 0.3 is 5.97 Å². The maximum absolute atomic E-state index is 12.4. The second-order valence-electron chi connectivity index (χ2n) is 4.40. The first-order valence-corrected chi connectivity index (χ1v) is 8.14. The fraction of sp³-hybridized carbons (Fsp3) is 0.429. The minimum absolute atomic E-state index is 0.0750. The maximum Gasteiger partial charge on any atom is 0.337 e. The van der Waals surface area contributed by atoms with Crippen molar-refractivity contribution in [2.24, 2.45) is 0 Å². The molecule has 0 aliphatic carbocycles. The highest BCUT2D eigenvalue weighted by atomic mass is 35.5. The standard InChI is InChI=1S/C14H18ClNO4S/c1-4-16(5-2)13(17)9(3)21(20)10-6-7-12(15)11(8-10)14(18)19/h6-9H,4-5H2,1-3H3,(H,18,19). The van der Waals surface area contributed by atoms with Gasteiger partial charge in [-0.15, -0.1) is 0 Å². The van der Waals surface area contributed by atoms with Crippen LogP contribution in [-0.2, 0) is 15.6 Å². The molecule has 1 N–H and O–H groups in total. The monoisotopic (exact) mass is 331 g/mol. The predicted molar refractivity (Wildman–Crippen MR) is 82.2 cm³/mol. The Labute approximate surface area is 131 Å². The van der Waals surface area contributed by atoms with E-state index in [1.165, 1.54) is 18.2 Å². The zero-order chi connectivity index (χ0) is 16.2. The van der Waals surface area contributed by atoms with Crippen molar-refractivity contribution in [1.29, 1.82) is 0 Å². The summed E-state index contributed by atoms with van der Waals surface area (Å²) in [6, 6.07) is 4.12. The van der Waals surface area contributed by atoms with Crippen molar-refractivity contribution >= 4 is 34.3 Å². The predicted octanol–water partition coefficient (Wildman–Crippen LogP) is 2.40. The van der Waals surface area contributed by atoms with Crippen LogP contribution in [0, 0.1) is 0 Å². The van der Waals surface area contributed by atoms with Gasteiger partial charge in [-0.05, 0) is 39.0 Å². The number of hydrogen-bond donors (Lipinski definition) is 1. The molecule has 1 aromatic rings. The van der Waals surface area contributed by atoms with Gasteiger partial charge in [0.05, 0.1) is 21.4 Å². The van der Waals surface area contributed by atoms with E-state index in [9.17, 15) is 13.8 Å². The van der Waals surface area contributed by atoms with Crippen LogP contribution in [-0.4, -0.2) is 44.4 Å². The number of aromatic carboxylic acids is 1. The molecular formula is C14H18ClNO4S. The molecule has 7 heteroatoms. The molecule has 21 heavy (non-hydrogen) atoms. The first-order chi connectivity index (χ1) is 9.83. The lowest BCUT2D eigenvalue weighted by atomic mass is 10.2. The van der Waals surface area contributed by atoms with E-state index in [0.29, 0.717) is 13.1 Å². The van der Waals surface area contributed by atoms with Crippen LogP contribution in [0.25, 0.3) is 0 Å². The summed E-state index contributed by atoms with van der Waals surface area (Å²) in [5, 5.41) is 8.36. The Hall–Kier alpha value is -1.40. The second-order valence-corrected chi connectivity index (χ2v) is 6.58. The minimum atomic E-state index is -1.63. The van der Waals surface area contributed by atoms with Crippen LogP contribution in [0.15, 0.2) is 23.1 Å². The van der Waals surface area contributed by atoms with E-state index in [1.807, 2.05) is 13.8 Å². The van der Waals surface area contributed by atoms with Gasteiger partial charge in [-0.1, -0.05) is 11.6 Å². The lowest BCUT2D eigenvalue weighted by molar-refractivity contribution is -0.129. The molecule has 1 rings (SSSR count). The van der Waals surface area contributed by atoms with Crippen molar-refractivity contribution in [3.8, 4) is 0 Å². The van der Waals surface area contributed by atoms with E-state index in [0.717, 1.165) is 0 Å². The van der Waals surface area contributed by atoms with Gasteiger partial charge in [-0.3, -0.25) is 9.00 Å². The van der Waals surface area contributed by atoms with Crippen molar-refractivity contribution < 1.29 is 18.9 Å². The summed E-state index contributed by atoms with van der Waals surface area (Å²) in [5.41, 5.74) is -0.120. The molecule has 116 valence electrons. The molecule has 0 saturated heterocycles. The molecule has 0 aromatic heterocycles. The number of halogens is 1. The van der Waals surface area contributed by atoms with Crippen molar-refractivity contribution in [3.05, 3.63) is 28.8 Å². The number of carboxylic acid groups (broad SMARTS) is 1. The second kappa shape index (κ2) is 7.56. The van der Waals surface area contributed by atoms with Crippen LogP contribution < -0.4 is 0 Å². The third-order valence-electron chi connectivity index (χ3n) is 3.14. The van der Waals surface area contributed by atoms with E-state index in [1.54, 1.807) is 11.8 Å². The van der Waals surface area contributed by atoms with Crippen LogP contribution in [0.5, 0.6) is 0 Å². The van der Waals surface area contributed by atoms with Gasteiger partial charge < -0.3 is 10.0 Å². The third kappa shape index (κ3) is 4.04. The fourth-order valence-corrected chi connectivity index (χ4v) is 3.26. The molecule has 0 heterocycles. The Morgan fingerprint density at radius 3 is 2.38 bits per heavy atom. The fourth-order valence-electron chi connectivity index (χ4n) is 1.88. The summed E-state index contributed by atoms with van der Waals surface area (Å²) in [5.74, 6) is -1.41. The van der Waals surface area contributed by atoms with Gasteiger partial charge in [-0.25, -0.2) is 4.79 Å². The molecule has 0 spiro atoms. The minimum Gasteiger partial charge on any atom is -0.478 e. The summed E-state index contributed by atoms with van der Waals surface area (Å²) < 4.78 is 12.4. The largest absolute Gasteiger partial charge is 0.478 e. The Morgan fingerprint density at radius 1 is 1.33 bits per heavy atom. The molecule has 0 aliphatic rings. The lowest BCUT2D eigenvalue weighted by Crippen LogP contribution is -2.39. The highest BCUT2D eigenvalue weighted by Gasteiger charge is 2.25. The molecule has 0 radical (unpaired) electrons. The van der Waals surface area contributed by atoms with Crippen LogP contribution in [0.2, 0.25) is 5.02 Å². The van der Waals surface area contributed by atoms with Gasteiger partial charge in [0.25, 0.3) is 0 Å². The number of carbonyl (C=O) groups is 2. The first-order valence-electron chi connectivity index (χ1n) is 6.55. The molecule has 0 saturated carbocycles. The van der Waals surface area contributed by atoms with Crippen LogP contribution >= 0.6 is 11.6 Å². The number of rotatable bonds is 6. The van der Waals surface area contributed by atoms with Crippen LogP contribution in [0.4, 0.5) is 0 Å². The van der Waals surface area contributed by atoms with Crippen LogP contribution in [0.3, 0.4) is 0 Å². The number of amides is 1. The average molecular weight is 332 g/mol. The zero-order valence-corrected chi connectivity index (χ0v) is 13.7. The number of carboxylic acids is 1. The van der Waals surface area contributed by atoms with Gasteiger partial charge in [0.15, 0.2) is 0 Å². The topological polar surface area (TPSA) is 74.7 Å². The Morgan fingerprint density at radius 2 is 1.90 bits per heavy atom. The van der Waals surface area contributed by atoms with Gasteiger partial charge in [0.1, 0.15) is 5.25 Å². The molecule has 1 aromatic carbocycles. The summed E-state index contributed by atoms with van der Waals surface area (Å²) in [4.78, 5) is 25.1. The van der Waals surface area contributed by atoms with E-state index >= 15 is 0 Å². The van der Waals surface area contributed by atoms with Crippen molar-refractivity contribution in [1.82, 2.24) is 4.90 Å². The SMILES string of the molecule is CCN(CC)C(=O)C(C)S(=O)c1ccc(Cl)c(C(=O)O)c1. The molecule has 2 atom stereocenters. The molecule has 0 aliphatic heterocycles. The number of benzene rings is 1. The summed E-state index contributed by atoms with van der Waals surface area (Å²) >= 11 is 5.78. The number of hydrogen-bond acceptors (Lipinski definition) is 3. The van der Waals surface area contributed by atoms with Gasteiger partial charge in [0, 0.05) is 18.0 Å². The maximum atomic E-state index is 12.4. The van der Waals surface area contributed by atoms with E-state index < -0.39 is 22.0 Å². The quantitative estimate of drug-likeness (QED) is 0.868. The molecule has 0 bridgehead atoms. The van der Waals surface area contributed by atoms with Crippen molar-refractivity contribution in [3.63, 3.8) is 0 Å². The van der Waals surface area contributed by atoms with E-state index in [4.69, 9.17) is 16.7 Å². The van der Waals surface area contributed by atoms with Crippen molar-refractivity contribution in [2.45, 2.75) is 30.9 Å². The smallest absolute Gasteiger partial charge is 0.337 e. The molecule has 1 amide bonds. The number of nitrogens with zero attached hydrogens (tertiary/aromatic N) is 1. The zero-order valence-electron chi connectivity index (χ0n) is 12.1. The Balaban J connectivity index is 3.06. The Bertz CT molecular complexity index is 572. The molecular weight excluding hydrogens is 314 g/mol. The highest BCUT2D eigenvalue weighted by molar-refractivity contribution is 7.86. The molecule has 5 nitrogen and oxygen atoms in total. The van der Waals surface area contributed by atoms with Crippen molar-refractivity contribution in [2.75, 3.05) is 13.1 Å². The highest BCUT2D eigenvalue weighted by Crippen LogP contribution is 2.21. The van der Waals surface area contributed by atoms with E-state index in [2.05, 4.69) is 0 Å². The van der Waals surface area contributed by atoms with Gasteiger partial charge in [-0.2, -0.15) is 0 Å². The molecule has 0 fully saturated rings. The number of carbonyl (C=O) groups excluding carboxylic acids is 1. The summed E-state index contributed by atoms with van der Waals surface area (Å²) in [6.07, 6.45) is 0. The molecule has 2 unspecified atom stereocenters. The average Bonchev–Trinajstić information content (AvgIpc) is 2.47. The summed E-state index contributed by atoms with van der Waals surface area (Å²) in [6.45, 7) is 6.35. The summed E-state index contributed by atoms with van der Waals surface area (Å²) in [7, 11) is -1.63.